The van der Waals surface area contributed by atoms with Crippen molar-refractivity contribution in [3.05, 3.63) is 54.1 Å². The fraction of sp³-hybridized carbons (Fsp3) is 0.0833. The first-order valence-electron chi connectivity index (χ1n) is 5.32. The van der Waals surface area contributed by atoms with Gasteiger partial charge in [0.05, 0.1) is 20.9 Å². The number of nitrogens with zero attached hydrogens (tertiary/aromatic N) is 1. The van der Waals surface area contributed by atoms with Crippen LogP contribution in [0, 0.1) is 10.1 Å². The second-order valence-corrected chi connectivity index (χ2v) is 5.86. The molecule has 5 nitrogen and oxygen atoms in total. The fourth-order valence-corrected chi connectivity index (χ4v) is 3.11. The zero-order valence-electron chi connectivity index (χ0n) is 9.84. The first-order chi connectivity index (χ1) is 9.49. The highest BCUT2D eigenvalue weighted by Gasteiger charge is 2.15. The predicted molar refractivity (Wildman–Crippen MR) is 80.0 cm³/mol. The summed E-state index contributed by atoms with van der Waals surface area (Å²) in [4.78, 5) is 22.6. The lowest BCUT2D eigenvalue weighted by Gasteiger charge is -2.06. The SMILES string of the molecule is O=C(COc1cc([N+](=O)[O-])ccc1Cl)c1sccc1Br. The molecule has 0 aliphatic heterocycles. The van der Waals surface area contributed by atoms with E-state index in [0.29, 0.717) is 9.35 Å². The van der Waals surface area contributed by atoms with Gasteiger partial charge >= 0.3 is 0 Å². The van der Waals surface area contributed by atoms with Crippen molar-refractivity contribution in [1.29, 1.82) is 0 Å². The number of rotatable bonds is 5. The number of nitro groups is 1. The van der Waals surface area contributed by atoms with Crippen LogP contribution in [0.25, 0.3) is 0 Å². The van der Waals surface area contributed by atoms with Crippen LogP contribution in [-0.4, -0.2) is 17.3 Å². The molecule has 1 aromatic carbocycles. The molecule has 1 heterocycles. The average Bonchev–Trinajstić information content (AvgIpc) is 2.83. The Hall–Kier alpha value is -1.44. The van der Waals surface area contributed by atoms with Crippen molar-refractivity contribution in [2.75, 3.05) is 6.61 Å². The second-order valence-electron chi connectivity index (χ2n) is 3.68. The number of non-ortho nitro benzene ring substituents is 1. The van der Waals surface area contributed by atoms with Crippen LogP contribution in [0.2, 0.25) is 5.02 Å². The van der Waals surface area contributed by atoms with Gasteiger partial charge in [-0.1, -0.05) is 11.6 Å². The van der Waals surface area contributed by atoms with E-state index in [1.807, 2.05) is 0 Å². The van der Waals surface area contributed by atoms with Crippen LogP contribution < -0.4 is 4.74 Å². The van der Waals surface area contributed by atoms with Crippen LogP contribution in [0.1, 0.15) is 9.67 Å². The van der Waals surface area contributed by atoms with Gasteiger partial charge in [0.1, 0.15) is 5.75 Å². The third kappa shape index (κ3) is 3.36. The van der Waals surface area contributed by atoms with Gasteiger partial charge < -0.3 is 4.74 Å². The van der Waals surface area contributed by atoms with Gasteiger partial charge in [0.15, 0.2) is 6.61 Å². The maximum atomic E-state index is 11.9. The quantitative estimate of drug-likeness (QED) is 0.442. The van der Waals surface area contributed by atoms with E-state index in [0.717, 1.165) is 0 Å². The van der Waals surface area contributed by atoms with Gasteiger partial charge in [-0.2, -0.15) is 0 Å². The molecule has 0 fully saturated rings. The number of carbonyl (C=O) groups excluding carboxylic acids is 1. The van der Waals surface area contributed by atoms with E-state index in [4.69, 9.17) is 16.3 Å². The van der Waals surface area contributed by atoms with Crippen molar-refractivity contribution in [1.82, 2.24) is 0 Å². The Morgan fingerprint density at radius 2 is 2.20 bits per heavy atom. The number of ketones is 1. The number of nitro benzene ring substituents is 1. The molecule has 0 saturated heterocycles. The lowest BCUT2D eigenvalue weighted by Crippen LogP contribution is -2.11. The van der Waals surface area contributed by atoms with E-state index in [1.54, 1.807) is 11.4 Å². The van der Waals surface area contributed by atoms with E-state index in [9.17, 15) is 14.9 Å². The van der Waals surface area contributed by atoms with E-state index >= 15 is 0 Å². The minimum absolute atomic E-state index is 0.113. The zero-order chi connectivity index (χ0) is 14.7. The Morgan fingerprint density at radius 1 is 1.45 bits per heavy atom. The molecule has 2 rings (SSSR count). The summed E-state index contributed by atoms with van der Waals surface area (Å²) in [5, 5.41) is 12.7. The summed E-state index contributed by atoms with van der Waals surface area (Å²) < 4.78 is 5.96. The summed E-state index contributed by atoms with van der Waals surface area (Å²) in [5.41, 5.74) is -0.144. The van der Waals surface area contributed by atoms with Gasteiger partial charge in [-0.05, 0) is 33.4 Å². The maximum absolute atomic E-state index is 11.9. The molecule has 0 radical (unpaired) electrons. The van der Waals surface area contributed by atoms with Crippen molar-refractivity contribution >= 4 is 50.3 Å². The molecule has 0 atom stereocenters. The molecule has 0 unspecified atom stereocenters. The normalized spacial score (nSPS) is 10.3. The fourth-order valence-electron chi connectivity index (χ4n) is 1.42. The number of ether oxygens (including phenoxy) is 1. The minimum Gasteiger partial charge on any atom is -0.484 e. The molecule has 104 valence electrons. The largest absolute Gasteiger partial charge is 0.484 e. The standard InChI is InChI=1S/C12H7BrClNO4S/c13-8-3-4-20-12(8)10(16)6-19-11-5-7(15(17)18)1-2-9(11)14/h1-5H,6H2. The number of thiophene rings is 1. The highest BCUT2D eigenvalue weighted by Crippen LogP contribution is 2.29. The van der Waals surface area contributed by atoms with Gasteiger partial charge in [0.2, 0.25) is 5.78 Å². The van der Waals surface area contributed by atoms with Crippen LogP contribution in [0.3, 0.4) is 0 Å². The van der Waals surface area contributed by atoms with Gasteiger partial charge in [0, 0.05) is 10.5 Å². The van der Waals surface area contributed by atoms with E-state index in [-0.39, 0.29) is 28.8 Å². The highest BCUT2D eigenvalue weighted by atomic mass is 79.9. The van der Waals surface area contributed by atoms with Crippen LogP contribution in [0.5, 0.6) is 5.75 Å². The summed E-state index contributed by atoms with van der Waals surface area (Å²) in [6.45, 7) is -0.236. The Kier molecular flexibility index (Phi) is 4.74. The molecule has 0 N–H and O–H groups in total. The molecule has 0 bridgehead atoms. The maximum Gasteiger partial charge on any atom is 0.273 e. The number of Topliss-reactive ketones (excluding diaryl/α,β-unsaturated/α-hetero) is 1. The van der Waals surface area contributed by atoms with E-state index < -0.39 is 4.92 Å². The third-order valence-electron chi connectivity index (χ3n) is 2.35. The van der Waals surface area contributed by atoms with E-state index in [1.165, 1.54) is 29.5 Å². The summed E-state index contributed by atoms with van der Waals surface area (Å²) >= 11 is 10.4. The summed E-state index contributed by atoms with van der Waals surface area (Å²) in [6.07, 6.45) is 0. The van der Waals surface area contributed by atoms with Crippen molar-refractivity contribution in [2.24, 2.45) is 0 Å². The predicted octanol–water partition coefficient (Wildman–Crippen LogP) is 4.33. The molecule has 0 saturated carbocycles. The molecule has 8 heteroatoms. The Morgan fingerprint density at radius 3 is 2.80 bits per heavy atom. The van der Waals surface area contributed by atoms with Gasteiger partial charge in [-0.3, -0.25) is 14.9 Å². The topological polar surface area (TPSA) is 69.4 Å². The van der Waals surface area contributed by atoms with Gasteiger partial charge in [-0.15, -0.1) is 11.3 Å². The monoisotopic (exact) mass is 375 g/mol. The third-order valence-corrected chi connectivity index (χ3v) is 4.55. The molecular weight excluding hydrogens is 370 g/mol. The number of halogens is 2. The summed E-state index contributed by atoms with van der Waals surface area (Å²) in [6, 6.07) is 5.59. The van der Waals surface area contributed by atoms with Crippen LogP contribution in [0.4, 0.5) is 5.69 Å². The number of hydrogen-bond donors (Lipinski definition) is 0. The highest BCUT2D eigenvalue weighted by molar-refractivity contribution is 9.10. The minimum atomic E-state index is -0.555. The van der Waals surface area contributed by atoms with Gasteiger partial charge in [-0.25, -0.2) is 0 Å². The van der Waals surface area contributed by atoms with Crippen LogP contribution >= 0.6 is 38.9 Å². The van der Waals surface area contributed by atoms with Crippen LogP contribution in [-0.2, 0) is 0 Å². The molecule has 0 aliphatic carbocycles. The smallest absolute Gasteiger partial charge is 0.273 e. The first-order valence-corrected chi connectivity index (χ1v) is 7.37. The second kappa shape index (κ2) is 6.34. The average molecular weight is 377 g/mol. The summed E-state index contributed by atoms with van der Waals surface area (Å²) in [7, 11) is 0. The molecule has 1 aromatic heterocycles. The van der Waals surface area contributed by atoms with Crippen molar-refractivity contribution < 1.29 is 14.5 Å². The number of hydrogen-bond acceptors (Lipinski definition) is 5. The number of carbonyl (C=O) groups is 1. The molecule has 0 amide bonds. The number of benzene rings is 1. The van der Waals surface area contributed by atoms with E-state index in [2.05, 4.69) is 15.9 Å². The van der Waals surface area contributed by atoms with Crippen LogP contribution in [0.15, 0.2) is 34.1 Å². The lowest BCUT2D eigenvalue weighted by molar-refractivity contribution is -0.384. The molecule has 0 aliphatic rings. The molecule has 0 spiro atoms. The van der Waals surface area contributed by atoms with Crippen molar-refractivity contribution in [3.8, 4) is 5.75 Å². The van der Waals surface area contributed by atoms with Crippen molar-refractivity contribution in [2.45, 2.75) is 0 Å². The summed E-state index contributed by atoms with van der Waals surface area (Å²) in [5.74, 6) is -0.114. The van der Waals surface area contributed by atoms with Gasteiger partial charge in [0.25, 0.3) is 5.69 Å². The Bertz CT molecular complexity index is 673. The lowest BCUT2D eigenvalue weighted by atomic mass is 10.3. The zero-order valence-corrected chi connectivity index (χ0v) is 13.0. The molecule has 20 heavy (non-hydrogen) atoms. The Labute approximate surface area is 131 Å². The Balaban J connectivity index is 2.11. The molecule has 2 aromatic rings. The molecular formula is C12H7BrClNO4S. The first kappa shape index (κ1) is 15.0. The van der Waals surface area contributed by atoms with Crippen molar-refractivity contribution in [3.63, 3.8) is 0 Å².